The Hall–Kier alpha value is -1.63. The number of esters is 2. The van der Waals surface area contributed by atoms with Crippen LogP contribution >= 0.6 is 15.9 Å². The van der Waals surface area contributed by atoms with Crippen molar-refractivity contribution in [2.24, 2.45) is 0 Å². The van der Waals surface area contributed by atoms with E-state index in [1.165, 1.54) is 6.92 Å². The lowest BCUT2D eigenvalue weighted by atomic mass is 10.1. The highest BCUT2D eigenvalue weighted by molar-refractivity contribution is 9.08. The first-order chi connectivity index (χ1) is 8.47. The van der Waals surface area contributed by atoms with Crippen molar-refractivity contribution in [2.45, 2.75) is 12.3 Å². The fraction of sp³-hybridized carbons (Fsp3) is 0.364. The highest BCUT2D eigenvalue weighted by Gasteiger charge is 2.26. The Bertz CT molecular complexity index is 545. The number of ether oxygens (including phenoxy) is 2. The van der Waals surface area contributed by atoms with Gasteiger partial charge < -0.3 is 13.9 Å². The minimum Gasteiger partial charge on any atom is -0.465 e. The molecule has 0 bridgehead atoms. The molecule has 0 atom stereocenters. The summed E-state index contributed by atoms with van der Waals surface area (Å²) in [6.07, 6.45) is 0. The van der Waals surface area contributed by atoms with Gasteiger partial charge in [0.15, 0.2) is 0 Å². The zero-order valence-corrected chi connectivity index (χ0v) is 11.6. The maximum Gasteiger partial charge on any atom is 0.345 e. The van der Waals surface area contributed by atoms with Gasteiger partial charge in [-0.25, -0.2) is 9.59 Å². The van der Waals surface area contributed by atoms with Gasteiger partial charge in [0.1, 0.15) is 22.6 Å². The Labute approximate surface area is 111 Å². The summed E-state index contributed by atoms with van der Waals surface area (Å²) in [6.45, 7) is 1.45. The molecule has 98 valence electrons. The number of methoxy groups -OCH3 is 2. The van der Waals surface area contributed by atoms with Crippen LogP contribution in [0.25, 0.3) is 0 Å². The minimum atomic E-state index is -0.858. The van der Waals surface area contributed by atoms with Crippen molar-refractivity contribution >= 4 is 27.9 Å². The quantitative estimate of drug-likeness (QED) is 0.619. The van der Waals surface area contributed by atoms with Gasteiger partial charge in [-0.05, 0) is 6.92 Å². The van der Waals surface area contributed by atoms with Crippen LogP contribution in [-0.4, -0.2) is 26.2 Å². The van der Waals surface area contributed by atoms with E-state index in [2.05, 4.69) is 25.4 Å². The van der Waals surface area contributed by atoms with E-state index in [1.54, 1.807) is 0 Å². The molecule has 0 aliphatic rings. The van der Waals surface area contributed by atoms with Crippen LogP contribution in [0.3, 0.4) is 0 Å². The van der Waals surface area contributed by atoms with Crippen molar-refractivity contribution in [1.82, 2.24) is 0 Å². The lowest BCUT2D eigenvalue weighted by molar-refractivity contribution is 0.0588. The predicted octanol–water partition coefficient (Wildman–Crippen LogP) is 1.42. The summed E-state index contributed by atoms with van der Waals surface area (Å²) in [5.41, 5.74) is -1.37. The van der Waals surface area contributed by atoms with Gasteiger partial charge in [0.2, 0.25) is 5.43 Å². The third-order valence-corrected chi connectivity index (χ3v) is 2.77. The molecule has 1 aromatic rings. The number of aryl methyl sites for hydroxylation is 1. The average Bonchev–Trinajstić information content (AvgIpc) is 2.36. The van der Waals surface area contributed by atoms with E-state index < -0.39 is 17.4 Å². The summed E-state index contributed by atoms with van der Waals surface area (Å²) < 4.78 is 14.2. The van der Waals surface area contributed by atoms with Gasteiger partial charge in [-0.1, -0.05) is 15.9 Å². The highest BCUT2D eigenvalue weighted by Crippen LogP contribution is 2.16. The molecule has 0 aliphatic heterocycles. The molecule has 6 nitrogen and oxygen atoms in total. The van der Waals surface area contributed by atoms with Gasteiger partial charge in [-0.3, -0.25) is 4.79 Å². The molecule has 1 rings (SSSR count). The number of carbonyl (C=O) groups excluding carboxylic acids is 2. The Morgan fingerprint density at radius 2 is 1.67 bits per heavy atom. The van der Waals surface area contributed by atoms with E-state index >= 15 is 0 Å². The van der Waals surface area contributed by atoms with Crippen LogP contribution < -0.4 is 5.43 Å². The van der Waals surface area contributed by atoms with Gasteiger partial charge in [0.25, 0.3) is 0 Å². The molecule has 18 heavy (non-hydrogen) atoms. The van der Waals surface area contributed by atoms with E-state index in [4.69, 9.17) is 4.42 Å². The maximum absolute atomic E-state index is 12.1. The van der Waals surface area contributed by atoms with Gasteiger partial charge in [0.05, 0.1) is 19.5 Å². The van der Waals surface area contributed by atoms with Crippen LogP contribution in [0, 0.1) is 6.92 Å². The largest absolute Gasteiger partial charge is 0.465 e. The number of carbonyl (C=O) groups is 2. The maximum atomic E-state index is 12.1. The molecule has 0 amide bonds. The van der Waals surface area contributed by atoms with Crippen molar-refractivity contribution in [2.75, 3.05) is 14.2 Å². The van der Waals surface area contributed by atoms with Gasteiger partial charge in [-0.15, -0.1) is 0 Å². The molecule has 1 aromatic heterocycles. The molecule has 0 radical (unpaired) electrons. The van der Waals surface area contributed by atoms with Crippen LogP contribution in [0.5, 0.6) is 0 Å². The first-order valence-electron chi connectivity index (χ1n) is 4.87. The monoisotopic (exact) mass is 318 g/mol. The number of hydrogen-bond donors (Lipinski definition) is 0. The molecule has 0 fully saturated rings. The van der Waals surface area contributed by atoms with Gasteiger partial charge in [0, 0.05) is 0 Å². The van der Waals surface area contributed by atoms with Crippen molar-refractivity contribution in [1.29, 1.82) is 0 Å². The van der Waals surface area contributed by atoms with Gasteiger partial charge in [-0.2, -0.15) is 0 Å². The van der Waals surface area contributed by atoms with Crippen molar-refractivity contribution in [3.63, 3.8) is 0 Å². The molecule has 0 aliphatic carbocycles. The molecule has 0 saturated heterocycles. The molecule has 1 heterocycles. The average molecular weight is 319 g/mol. The molecular weight excluding hydrogens is 308 g/mol. The normalized spacial score (nSPS) is 10.0. The molecule has 0 saturated carbocycles. The van der Waals surface area contributed by atoms with Crippen LogP contribution in [0.2, 0.25) is 0 Å². The van der Waals surface area contributed by atoms with E-state index in [0.29, 0.717) is 0 Å². The zero-order valence-electron chi connectivity index (χ0n) is 10.0. The summed E-state index contributed by atoms with van der Waals surface area (Å²) in [7, 11) is 2.27. The molecular formula is C11H11BrO6. The second-order valence-electron chi connectivity index (χ2n) is 3.28. The summed E-state index contributed by atoms with van der Waals surface area (Å²) in [5, 5.41) is 0.148. The highest BCUT2D eigenvalue weighted by atomic mass is 79.9. The van der Waals surface area contributed by atoms with Crippen LogP contribution in [0.4, 0.5) is 0 Å². The van der Waals surface area contributed by atoms with Crippen LogP contribution in [-0.2, 0) is 14.8 Å². The van der Waals surface area contributed by atoms with Crippen molar-refractivity contribution in [3.05, 3.63) is 32.9 Å². The predicted molar refractivity (Wildman–Crippen MR) is 65.0 cm³/mol. The molecule has 0 unspecified atom stereocenters. The van der Waals surface area contributed by atoms with Crippen molar-refractivity contribution in [3.8, 4) is 0 Å². The fourth-order valence-electron chi connectivity index (χ4n) is 1.44. The Kier molecular flexibility index (Phi) is 4.66. The number of halogens is 1. The molecule has 0 spiro atoms. The Morgan fingerprint density at radius 1 is 1.17 bits per heavy atom. The lowest BCUT2D eigenvalue weighted by Crippen LogP contribution is -2.26. The third kappa shape index (κ3) is 2.45. The number of hydrogen-bond acceptors (Lipinski definition) is 6. The van der Waals surface area contributed by atoms with Gasteiger partial charge >= 0.3 is 11.9 Å². The molecule has 0 N–H and O–H groups in total. The SMILES string of the molecule is COC(=O)c1c(C)oc(CBr)c(C(=O)OC)c1=O. The molecule has 0 aromatic carbocycles. The number of rotatable bonds is 3. The second-order valence-corrected chi connectivity index (χ2v) is 3.84. The second kappa shape index (κ2) is 5.81. The molecule has 7 heteroatoms. The van der Waals surface area contributed by atoms with E-state index in [1.807, 2.05) is 0 Å². The summed E-state index contributed by atoms with van der Waals surface area (Å²) in [6, 6.07) is 0. The third-order valence-electron chi connectivity index (χ3n) is 2.26. The summed E-state index contributed by atoms with van der Waals surface area (Å²) in [5.74, 6) is -1.51. The van der Waals surface area contributed by atoms with E-state index in [0.717, 1.165) is 14.2 Å². The smallest absolute Gasteiger partial charge is 0.345 e. The standard InChI is InChI=1S/C11H11BrO6/c1-5-7(10(14)16-2)9(13)8(11(15)17-3)6(4-12)18-5/h4H2,1-3H3. The first-order valence-corrected chi connectivity index (χ1v) is 5.99. The van der Waals surface area contributed by atoms with Crippen LogP contribution in [0.1, 0.15) is 32.2 Å². The summed E-state index contributed by atoms with van der Waals surface area (Å²) >= 11 is 3.10. The Morgan fingerprint density at radius 3 is 2.11 bits per heavy atom. The minimum absolute atomic E-state index is 0.0916. The summed E-state index contributed by atoms with van der Waals surface area (Å²) in [4.78, 5) is 35.1. The zero-order chi connectivity index (χ0) is 13.9. The van der Waals surface area contributed by atoms with Crippen molar-refractivity contribution < 1.29 is 23.5 Å². The lowest BCUT2D eigenvalue weighted by Gasteiger charge is -2.08. The van der Waals surface area contributed by atoms with E-state index in [9.17, 15) is 14.4 Å². The topological polar surface area (TPSA) is 82.8 Å². The van der Waals surface area contributed by atoms with E-state index in [-0.39, 0.29) is 28.0 Å². The van der Waals surface area contributed by atoms with Crippen LogP contribution in [0.15, 0.2) is 9.21 Å². The Balaban J connectivity index is 3.64. The fourth-order valence-corrected chi connectivity index (χ4v) is 1.83. The first kappa shape index (κ1) is 14.4. The number of alkyl halides is 1.